The molecular weight excluding hydrogens is 418 g/mol. The van der Waals surface area contributed by atoms with Crippen molar-refractivity contribution >= 4 is 45.0 Å². The van der Waals surface area contributed by atoms with Crippen LogP contribution in [0.15, 0.2) is 36.4 Å². The number of thiazole rings is 1. The molecule has 3 aromatic rings. The Balaban J connectivity index is 0.00000320. The minimum absolute atomic E-state index is 0. The molecule has 0 aliphatic carbocycles. The van der Waals surface area contributed by atoms with E-state index in [0.29, 0.717) is 18.7 Å². The Morgan fingerprint density at radius 1 is 1.07 bits per heavy atom. The van der Waals surface area contributed by atoms with Gasteiger partial charge in [0.2, 0.25) is 0 Å². The molecule has 1 heterocycles. The third kappa shape index (κ3) is 5.72. The summed E-state index contributed by atoms with van der Waals surface area (Å²) in [5, 5.41) is 0.732. The van der Waals surface area contributed by atoms with E-state index in [1.54, 1.807) is 0 Å². The van der Waals surface area contributed by atoms with Crippen LogP contribution in [0.5, 0.6) is 5.75 Å². The SMILES string of the molecule is CCOc1ccc2nc(N(CCCN(C)C)C(=O)c3ccc(C)c(C)c3)sc2c1.Cl. The summed E-state index contributed by atoms with van der Waals surface area (Å²) in [6.45, 7) is 8.23. The van der Waals surface area contributed by atoms with Crippen LogP contribution >= 0.6 is 23.7 Å². The first-order chi connectivity index (χ1) is 13.9. The fourth-order valence-corrected chi connectivity index (χ4v) is 4.14. The third-order valence-corrected chi connectivity index (χ3v) is 5.92. The number of benzene rings is 2. The molecule has 0 saturated heterocycles. The molecule has 0 radical (unpaired) electrons. The van der Waals surface area contributed by atoms with E-state index in [4.69, 9.17) is 9.72 Å². The molecule has 0 aliphatic heterocycles. The van der Waals surface area contributed by atoms with Crippen LogP contribution in [0.2, 0.25) is 0 Å². The molecule has 1 amide bonds. The standard InChI is InChI=1S/C23H29N3O2S.ClH/c1-6-28-19-10-11-20-21(15-19)29-23(24-20)26(13-7-12-25(4)5)22(27)18-9-8-16(2)17(3)14-18;/h8-11,14-15H,6-7,12-13H2,1-5H3;1H. The molecule has 0 bridgehead atoms. The molecular formula is C23H30ClN3O2S. The summed E-state index contributed by atoms with van der Waals surface area (Å²) in [5.74, 6) is 0.825. The first kappa shape index (κ1) is 24.1. The van der Waals surface area contributed by atoms with Crippen molar-refractivity contribution in [1.29, 1.82) is 0 Å². The predicted molar refractivity (Wildman–Crippen MR) is 129 cm³/mol. The van der Waals surface area contributed by atoms with Crippen molar-refractivity contribution in [1.82, 2.24) is 9.88 Å². The first-order valence-electron chi connectivity index (χ1n) is 9.96. The van der Waals surface area contributed by atoms with Gasteiger partial charge in [-0.3, -0.25) is 9.69 Å². The molecule has 0 N–H and O–H groups in total. The highest BCUT2D eigenvalue weighted by atomic mass is 35.5. The van der Waals surface area contributed by atoms with Gasteiger partial charge in [0.1, 0.15) is 5.75 Å². The van der Waals surface area contributed by atoms with Crippen molar-refractivity contribution in [3.63, 3.8) is 0 Å². The minimum Gasteiger partial charge on any atom is -0.494 e. The fraction of sp³-hybridized carbons (Fsp3) is 0.391. The second kappa shape index (κ2) is 10.8. The Hall–Kier alpha value is -2.15. The summed E-state index contributed by atoms with van der Waals surface area (Å²) in [7, 11) is 4.09. The molecule has 0 unspecified atom stereocenters. The monoisotopic (exact) mass is 447 g/mol. The molecule has 162 valence electrons. The molecule has 7 heteroatoms. The van der Waals surface area contributed by atoms with Gasteiger partial charge in [0.05, 0.1) is 16.8 Å². The van der Waals surface area contributed by atoms with Gasteiger partial charge in [-0.1, -0.05) is 17.4 Å². The zero-order valence-electron chi connectivity index (χ0n) is 18.3. The Morgan fingerprint density at radius 3 is 2.50 bits per heavy atom. The topological polar surface area (TPSA) is 45.7 Å². The van der Waals surface area contributed by atoms with E-state index in [2.05, 4.69) is 11.8 Å². The van der Waals surface area contributed by atoms with Gasteiger partial charge in [-0.25, -0.2) is 4.98 Å². The highest BCUT2D eigenvalue weighted by Gasteiger charge is 2.21. The van der Waals surface area contributed by atoms with Crippen molar-refractivity contribution in [3.8, 4) is 5.75 Å². The van der Waals surface area contributed by atoms with Gasteiger partial charge in [-0.15, -0.1) is 12.4 Å². The average molecular weight is 448 g/mol. The van der Waals surface area contributed by atoms with Crippen LogP contribution in [0.25, 0.3) is 10.2 Å². The third-order valence-electron chi connectivity index (χ3n) is 4.88. The van der Waals surface area contributed by atoms with Crippen LogP contribution in [-0.2, 0) is 0 Å². The number of rotatable bonds is 8. The normalized spacial score (nSPS) is 10.9. The van der Waals surface area contributed by atoms with Gasteiger partial charge in [0, 0.05) is 12.1 Å². The summed E-state index contributed by atoms with van der Waals surface area (Å²) >= 11 is 1.53. The molecule has 0 aliphatic rings. The lowest BCUT2D eigenvalue weighted by atomic mass is 10.1. The van der Waals surface area contributed by atoms with E-state index in [9.17, 15) is 4.79 Å². The number of anilines is 1. The Morgan fingerprint density at radius 2 is 1.83 bits per heavy atom. The van der Waals surface area contributed by atoms with Crippen molar-refractivity contribution in [2.75, 3.05) is 38.7 Å². The van der Waals surface area contributed by atoms with Gasteiger partial charge in [-0.05, 0) is 89.3 Å². The molecule has 0 spiro atoms. The molecule has 0 saturated carbocycles. The van der Waals surface area contributed by atoms with Crippen molar-refractivity contribution < 1.29 is 9.53 Å². The van der Waals surface area contributed by atoms with Gasteiger partial charge < -0.3 is 9.64 Å². The van der Waals surface area contributed by atoms with E-state index in [0.717, 1.165) is 39.6 Å². The van der Waals surface area contributed by atoms with E-state index in [1.165, 1.54) is 16.9 Å². The second-order valence-corrected chi connectivity index (χ2v) is 8.48. The van der Waals surface area contributed by atoms with Gasteiger partial charge in [-0.2, -0.15) is 0 Å². The van der Waals surface area contributed by atoms with Crippen LogP contribution in [0.4, 0.5) is 5.13 Å². The minimum atomic E-state index is -0.00376. The molecule has 0 fully saturated rings. The smallest absolute Gasteiger partial charge is 0.260 e. The maximum Gasteiger partial charge on any atom is 0.260 e. The lowest BCUT2D eigenvalue weighted by molar-refractivity contribution is 0.0986. The number of carbonyl (C=O) groups is 1. The van der Waals surface area contributed by atoms with Crippen LogP contribution < -0.4 is 9.64 Å². The van der Waals surface area contributed by atoms with Crippen molar-refractivity contribution in [2.45, 2.75) is 27.2 Å². The van der Waals surface area contributed by atoms with E-state index >= 15 is 0 Å². The highest BCUT2D eigenvalue weighted by Crippen LogP contribution is 2.32. The largest absolute Gasteiger partial charge is 0.494 e. The maximum absolute atomic E-state index is 13.4. The number of ether oxygens (including phenoxy) is 1. The maximum atomic E-state index is 13.4. The van der Waals surface area contributed by atoms with Crippen LogP contribution in [0.1, 0.15) is 34.8 Å². The number of hydrogen-bond donors (Lipinski definition) is 0. The fourth-order valence-electron chi connectivity index (χ4n) is 3.12. The molecule has 5 nitrogen and oxygen atoms in total. The van der Waals surface area contributed by atoms with E-state index < -0.39 is 0 Å². The number of halogens is 1. The van der Waals surface area contributed by atoms with Gasteiger partial charge >= 0.3 is 0 Å². The highest BCUT2D eigenvalue weighted by molar-refractivity contribution is 7.22. The summed E-state index contributed by atoms with van der Waals surface area (Å²) in [6.07, 6.45) is 0.879. The lowest BCUT2D eigenvalue weighted by Gasteiger charge is -2.21. The summed E-state index contributed by atoms with van der Waals surface area (Å²) in [6, 6.07) is 11.8. The number of aromatic nitrogens is 1. The number of carbonyl (C=O) groups excluding carboxylic acids is 1. The van der Waals surface area contributed by atoms with Gasteiger partial charge in [0.15, 0.2) is 5.13 Å². The van der Waals surface area contributed by atoms with Crippen LogP contribution in [0, 0.1) is 13.8 Å². The zero-order valence-corrected chi connectivity index (χ0v) is 19.9. The number of hydrogen-bond acceptors (Lipinski definition) is 5. The van der Waals surface area contributed by atoms with E-state index in [1.807, 2.05) is 69.2 Å². The summed E-state index contributed by atoms with van der Waals surface area (Å²) in [5.41, 5.74) is 3.89. The average Bonchev–Trinajstić information content (AvgIpc) is 3.10. The first-order valence-corrected chi connectivity index (χ1v) is 10.8. The molecule has 3 rings (SSSR count). The number of aryl methyl sites for hydroxylation is 2. The van der Waals surface area contributed by atoms with Gasteiger partial charge in [0.25, 0.3) is 5.91 Å². The number of amides is 1. The van der Waals surface area contributed by atoms with E-state index in [-0.39, 0.29) is 18.3 Å². The number of fused-ring (bicyclic) bond motifs is 1. The number of nitrogens with zero attached hydrogens (tertiary/aromatic N) is 3. The summed E-state index contributed by atoms with van der Waals surface area (Å²) < 4.78 is 6.63. The molecule has 30 heavy (non-hydrogen) atoms. The molecule has 1 aromatic heterocycles. The molecule has 2 aromatic carbocycles. The Bertz CT molecular complexity index is 1000. The van der Waals surface area contributed by atoms with Crippen molar-refractivity contribution in [3.05, 3.63) is 53.1 Å². The van der Waals surface area contributed by atoms with Crippen LogP contribution in [-0.4, -0.2) is 49.6 Å². The lowest BCUT2D eigenvalue weighted by Crippen LogP contribution is -2.33. The summed E-state index contributed by atoms with van der Waals surface area (Å²) in [4.78, 5) is 22.1. The zero-order chi connectivity index (χ0) is 21.0. The Kier molecular flexibility index (Phi) is 8.65. The second-order valence-electron chi connectivity index (χ2n) is 7.47. The van der Waals surface area contributed by atoms with Crippen molar-refractivity contribution in [2.24, 2.45) is 0 Å². The predicted octanol–water partition coefficient (Wildman–Crippen LogP) is 5.33. The quantitative estimate of drug-likeness (QED) is 0.468. The Labute approximate surface area is 189 Å². The molecule has 0 atom stereocenters. The van der Waals surface area contributed by atoms with Crippen LogP contribution in [0.3, 0.4) is 0 Å².